The van der Waals surface area contributed by atoms with Crippen LogP contribution in [0.15, 0.2) is 23.8 Å². The number of ether oxygens (including phenoxy) is 1. The molecule has 2 aromatic rings. The zero-order valence-corrected chi connectivity index (χ0v) is 14.2. The number of hydrogen-bond donors (Lipinski definition) is 3. The van der Waals surface area contributed by atoms with Gasteiger partial charge in [0.05, 0.1) is 17.0 Å². The number of methoxy groups -OCH3 is 1. The van der Waals surface area contributed by atoms with Crippen molar-refractivity contribution >= 4 is 23.2 Å². The molecule has 3 rings (SSSR count). The minimum Gasteiger partial charge on any atom is -0.504 e. The van der Waals surface area contributed by atoms with Crippen LogP contribution in [0, 0.1) is 20.2 Å². The predicted octanol–water partition coefficient (Wildman–Crippen LogP) is 2.45. The van der Waals surface area contributed by atoms with Crippen molar-refractivity contribution in [2.75, 3.05) is 7.11 Å². The highest BCUT2D eigenvalue weighted by molar-refractivity contribution is 6.18. The van der Waals surface area contributed by atoms with Crippen LogP contribution in [0.3, 0.4) is 0 Å². The summed E-state index contributed by atoms with van der Waals surface area (Å²) < 4.78 is 4.89. The van der Waals surface area contributed by atoms with Crippen molar-refractivity contribution in [1.29, 1.82) is 0 Å². The molecule has 0 saturated heterocycles. The summed E-state index contributed by atoms with van der Waals surface area (Å²) in [5.41, 5.74) is -1.57. The van der Waals surface area contributed by atoms with Crippen LogP contribution in [0.2, 0.25) is 0 Å². The van der Waals surface area contributed by atoms with Crippen LogP contribution >= 0.6 is 0 Å². The smallest absolute Gasteiger partial charge is 0.326 e. The fourth-order valence-corrected chi connectivity index (χ4v) is 3.02. The maximum Gasteiger partial charge on any atom is 0.326 e. The predicted molar refractivity (Wildman–Crippen MR) is 93.8 cm³/mol. The van der Waals surface area contributed by atoms with Gasteiger partial charge in [-0.05, 0) is 29.3 Å². The second-order valence-corrected chi connectivity index (χ2v) is 5.91. The van der Waals surface area contributed by atoms with Gasteiger partial charge in [0.15, 0.2) is 17.3 Å². The highest BCUT2D eigenvalue weighted by atomic mass is 16.6. The highest BCUT2D eigenvalue weighted by Crippen LogP contribution is 2.45. The Hall–Kier alpha value is -4.15. The maximum atomic E-state index is 12.7. The van der Waals surface area contributed by atoms with E-state index in [9.17, 15) is 40.3 Å². The second-order valence-electron chi connectivity index (χ2n) is 5.91. The lowest BCUT2D eigenvalue weighted by molar-refractivity contribution is -0.386. The van der Waals surface area contributed by atoms with Crippen LogP contribution in [-0.2, 0) is 6.42 Å². The van der Waals surface area contributed by atoms with Crippen molar-refractivity contribution in [2.24, 2.45) is 0 Å². The first-order valence-corrected chi connectivity index (χ1v) is 7.68. The van der Waals surface area contributed by atoms with Crippen LogP contribution < -0.4 is 4.74 Å². The van der Waals surface area contributed by atoms with Crippen LogP contribution in [0.1, 0.15) is 21.5 Å². The van der Waals surface area contributed by atoms with Gasteiger partial charge < -0.3 is 20.1 Å². The van der Waals surface area contributed by atoms with E-state index in [0.717, 1.165) is 12.1 Å². The highest BCUT2D eigenvalue weighted by Gasteiger charge is 2.37. The third kappa shape index (κ3) is 2.84. The van der Waals surface area contributed by atoms with Gasteiger partial charge in [-0.25, -0.2) is 0 Å². The van der Waals surface area contributed by atoms with E-state index < -0.39 is 44.3 Å². The number of nitrogens with zero attached hydrogens (tertiary/aromatic N) is 2. The number of Topliss-reactive ketones (excluding diaryl/α,β-unsaturated/α-hetero) is 1. The Morgan fingerprint density at radius 3 is 2.32 bits per heavy atom. The molecule has 11 nitrogen and oxygen atoms in total. The number of benzene rings is 2. The molecule has 0 bridgehead atoms. The molecule has 1 aliphatic carbocycles. The van der Waals surface area contributed by atoms with Gasteiger partial charge in [-0.2, -0.15) is 0 Å². The molecule has 0 aromatic heterocycles. The van der Waals surface area contributed by atoms with E-state index in [1.165, 1.54) is 19.3 Å². The van der Waals surface area contributed by atoms with Crippen molar-refractivity contribution in [3.05, 3.63) is 60.7 Å². The first-order chi connectivity index (χ1) is 13.1. The number of carbonyl (C=O) groups is 1. The van der Waals surface area contributed by atoms with E-state index in [4.69, 9.17) is 4.74 Å². The molecule has 0 spiro atoms. The molecule has 0 fully saturated rings. The van der Waals surface area contributed by atoms with Crippen molar-refractivity contribution in [2.45, 2.75) is 6.42 Å². The first kappa shape index (κ1) is 18.6. The maximum absolute atomic E-state index is 12.7. The number of hydrogen-bond acceptors (Lipinski definition) is 9. The largest absolute Gasteiger partial charge is 0.504 e. The van der Waals surface area contributed by atoms with Crippen LogP contribution in [-0.4, -0.2) is 38.1 Å². The quantitative estimate of drug-likeness (QED) is 0.307. The Labute approximate surface area is 156 Å². The lowest BCUT2D eigenvalue weighted by Gasteiger charge is -2.06. The van der Waals surface area contributed by atoms with E-state index in [1.54, 1.807) is 0 Å². The summed E-state index contributed by atoms with van der Waals surface area (Å²) in [5.74, 6) is -3.38. The zero-order valence-electron chi connectivity index (χ0n) is 14.2. The van der Waals surface area contributed by atoms with E-state index in [-0.39, 0.29) is 34.4 Å². The lowest BCUT2D eigenvalue weighted by atomic mass is 10.1. The van der Waals surface area contributed by atoms with E-state index in [0.29, 0.717) is 0 Å². The molecule has 0 unspecified atom stereocenters. The normalized spacial score (nSPS) is 14.2. The number of aromatic hydroxyl groups is 3. The molecule has 0 amide bonds. The summed E-state index contributed by atoms with van der Waals surface area (Å²) in [7, 11) is 1.20. The summed E-state index contributed by atoms with van der Waals surface area (Å²) in [6.45, 7) is 0. The summed E-state index contributed by atoms with van der Waals surface area (Å²) in [6, 6.07) is 3.33. The van der Waals surface area contributed by atoms with Gasteiger partial charge in [0.1, 0.15) is 5.56 Å². The number of fused-ring (bicyclic) bond motifs is 1. The second kappa shape index (κ2) is 6.54. The van der Waals surface area contributed by atoms with Crippen LogP contribution in [0.5, 0.6) is 23.0 Å². The van der Waals surface area contributed by atoms with Crippen molar-refractivity contribution < 1.29 is 34.7 Å². The number of allylic oxidation sites excluding steroid dienone is 1. The molecular weight excluding hydrogens is 376 g/mol. The third-order valence-corrected chi connectivity index (χ3v) is 4.25. The molecule has 3 N–H and O–H groups in total. The Balaban J connectivity index is 2.14. The minimum absolute atomic E-state index is 0.0464. The van der Waals surface area contributed by atoms with Gasteiger partial charge in [-0.1, -0.05) is 0 Å². The Bertz CT molecular complexity index is 1090. The number of phenolic OH excluding ortho intramolecular Hbond substituents is 3. The summed E-state index contributed by atoms with van der Waals surface area (Å²) in [5, 5.41) is 51.5. The van der Waals surface area contributed by atoms with Gasteiger partial charge in [-0.3, -0.25) is 25.0 Å². The Morgan fingerprint density at radius 2 is 1.75 bits per heavy atom. The number of carbonyl (C=O) groups excluding carboxylic acids is 1. The summed E-state index contributed by atoms with van der Waals surface area (Å²) in [6.07, 6.45) is 1.16. The molecule has 0 aliphatic heterocycles. The van der Waals surface area contributed by atoms with Crippen LogP contribution in [0.4, 0.5) is 11.4 Å². The van der Waals surface area contributed by atoms with Gasteiger partial charge in [-0.15, -0.1) is 0 Å². The SMILES string of the molecule is COc1cc(C=C2Cc3cc(O)c(O)c([N+](=O)[O-])c3C2=O)cc([N+](=O)[O-])c1O. The topological polar surface area (TPSA) is 173 Å². The van der Waals surface area contributed by atoms with E-state index in [1.807, 2.05) is 0 Å². The number of nitro benzene ring substituents is 2. The molecule has 144 valence electrons. The monoisotopic (exact) mass is 388 g/mol. The fourth-order valence-electron chi connectivity index (χ4n) is 3.02. The van der Waals surface area contributed by atoms with E-state index in [2.05, 4.69) is 0 Å². The van der Waals surface area contributed by atoms with Gasteiger partial charge in [0.25, 0.3) is 0 Å². The van der Waals surface area contributed by atoms with Gasteiger partial charge in [0, 0.05) is 18.1 Å². The summed E-state index contributed by atoms with van der Waals surface area (Å²) in [4.78, 5) is 33.2. The Morgan fingerprint density at radius 1 is 1.07 bits per heavy atom. The van der Waals surface area contributed by atoms with Gasteiger partial charge in [0.2, 0.25) is 11.5 Å². The standard InChI is InChI=1S/C17H12N2O9/c1-28-12-4-7(3-10(16(12)22)18(24)25)2-9-5-8-6-11(20)17(23)14(19(26)27)13(8)15(9)21/h2-4,6,20,22-23H,5H2,1H3. The molecule has 0 atom stereocenters. The molecule has 0 heterocycles. The first-order valence-electron chi connectivity index (χ1n) is 7.68. The average Bonchev–Trinajstić information content (AvgIpc) is 2.92. The Kier molecular flexibility index (Phi) is 4.35. The van der Waals surface area contributed by atoms with E-state index >= 15 is 0 Å². The van der Waals surface area contributed by atoms with Crippen LogP contribution in [0.25, 0.3) is 6.08 Å². The number of ketones is 1. The molecule has 0 saturated carbocycles. The zero-order chi connectivity index (χ0) is 20.7. The molecule has 2 aromatic carbocycles. The molecular formula is C17H12N2O9. The third-order valence-electron chi connectivity index (χ3n) is 4.25. The van der Waals surface area contributed by atoms with Crippen molar-refractivity contribution in [3.63, 3.8) is 0 Å². The summed E-state index contributed by atoms with van der Waals surface area (Å²) >= 11 is 0. The fraction of sp³-hybridized carbons (Fsp3) is 0.118. The molecule has 28 heavy (non-hydrogen) atoms. The lowest BCUT2D eigenvalue weighted by Crippen LogP contribution is -2.02. The average molecular weight is 388 g/mol. The molecule has 1 aliphatic rings. The van der Waals surface area contributed by atoms with Crippen molar-refractivity contribution in [3.8, 4) is 23.0 Å². The van der Waals surface area contributed by atoms with Gasteiger partial charge >= 0.3 is 11.4 Å². The molecule has 0 radical (unpaired) electrons. The van der Waals surface area contributed by atoms with Crippen molar-refractivity contribution in [1.82, 2.24) is 0 Å². The minimum atomic E-state index is -1.01. The number of phenols is 3. The number of nitro groups is 2. The molecule has 11 heteroatoms. The number of rotatable bonds is 4.